The van der Waals surface area contributed by atoms with Crippen molar-refractivity contribution in [3.63, 3.8) is 0 Å². The molecule has 0 amide bonds. The van der Waals surface area contributed by atoms with E-state index in [-0.39, 0.29) is 0 Å². The second kappa shape index (κ2) is 13.8. The summed E-state index contributed by atoms with van der Waals surface area (Å²) in [7, 11) is 0. The van der Waals surface area contributed by atoms with Gasteiger partial charge in [-0.15, -0.1) is 0 Å². The summed E-state index contributed by atoms with van der Waals surface area (Å²) < 4.78 is 2.24. The molecule has 0 radical (unpaired) electrons. The van der Waals surface area contributed by atoms with Crippen LogP contribution in [-0.2, 0) is 6.54 Å². The molecule has 0 N–H and O–H groups in total. The number of nitrogens with zero attached hydrogens (tertiary/aromatic N) is 2. The van der Waals surface area contributed by atoms with Crippen molar-refractivity contribution in [2.45, 2.75) is 104 Å². The smallest absolute Gasteiger partial charge is 0.0945 e. The molecule has 1 aromatic rings. The first-order valence-electron chi connectivity index (χ1n) is 9.82. The van der Waals surface area contributed by atoms with Crippen molar-refractivity contribution in [2.24, 2.45) is 5.92 Å². The van der Waals surface area contributed by atoms with Crippen LogP contribution < -0.4 is 0 Å². The minimum atomic E-state index is 0.922. The maximum absolute atomic E-state index is 4.15. The lowest BCUT2D eigenvalue weighted by atomic mass is 9.91. The molecule has 0 aliphatic carbocycles. The fraction of sp³-hybridized carbons (Fsp3) is 0.850. The van der Waals surface area contributed by atoms with Gasteiger partial charge < -0.3 is 4.57 Å². The standard InChI is InChI=1S/C20H38N2/c1-3-5-7-9-11-13-20(14-12-10-8-6-4-2)15-17-22-18-16-21-19-22/h16,18-20H,3-15,17H2,1-2H3. The largest absolute Gasteiger partial charge is 0.337 e. The van der Waals surface area contributed by atoms with Crippen molar-refractivity contribution >= 4 is 0 Å². The van der Waals surface area contributed by atoms with E-state index in [0.717, 1.165) is 12.5 Å². The zero-order valence-electron chi connectivity index (χ0n) is 15.1. The third kappa shape index (κ3) is 10.0. The summed E-state index contributed by atoms with van der Waals surface area (Å²) in [4.78, 5) is 4.15. The van der Waals surface area contributed by atoms with E-state index in [1.807, 2.05) is 12.5 Å². The zero-order valence-corrected chi connectivity index (χ0v) is 15.1. The number of hydrogen-bond donors (Lipinski definition) is 0. The van der Waals surface area contributed by atoms with Gasteiger partial charge in [-0.3, -0.25) is 0 Å². The van der Waals surface area contributed by atoms with Crippen molar-refractivity contribution in [3.8, 4) is 0 Å². The molecule has 0 saturated carbocycles. The topological polar surface area (TPSA) is 17.8 Å². The van der Waals surface area contributed by atoms with Gasteiger partial charge in [0.15, 0.2) is 0 Å². The molecule has 1 heterocycles. The van der Waals surface area contributed by atoms with Crippen LogP contribution in [0.25, 0.3) is 0 Å². The summed E-state index contributed by atoms with van der Waals surface area (Å²) in [5.74, 6) is 0.922. The highest BCUT2D eigenvalue weighted by Gasteiger charge is 2.09. The molecule has 0 aliphatic heterocycles. The number of aromatic nitrogens is 2. The average molecular weight is 307 g/mol. The van der Waals surface area contributed by atoms with Crippen LogP contribution in [0.15, 0.2) is 18.7 Å². The molecule has 128 valence electrons. The monoisotopic (exact) mass is 306 g/mol. The Hall–Kier alpha value is -0.790. The van der Waals surface area contributed by atoms with Gasteiger partial charge in [0.05, 0.1) is 6.33 Å². The lowest BCUT2D eigenvalue weighted by molar-refractivity contribution is 0.362. The van der Waals surface area contributed by atoms with Gasteiger partial charge in [0.1, 0.15) is 0 Å². The van der Waals surface area contributed by atoms with E-state index in [1.54, 1.807) is 0 Å². The van der Waals surface area contributed by atoms with Gasteiger partial charge in [0, 0.05) is 18.9 Å². The first kappa shape index (κ1) is 19.3. The van der Waals surface area contributed by atoms with Gasteiger partial charge in [-0.2, -0.15) is 0 Å². The Morgan fingerprint density at radius 3 is 1.86 bits per heavy atom. The van der Waals surface area contributed by atoms with E-state index < -0.39 is 0 Å². The molecule has 0 saturated heterocycles. The molecular weight excluding hydrogens is 268 g/mol. The average Bonchev–Trinajstić information content (AvgIpc) is 3.04. The molecule has 0 aromatic carbocycles. The maximum atomic E-state index is 4.15. The molecule has 2 nitrogen and oxygen atoms in total. The molecule has 22 heavy (non-hydrogen) atoms. The van der Waals surface area contributed by atoms with E-state index >= 15 is 0 Å². The Morgan fingerprint density at radius 2 is 1.36 bits per heavy atom. The number of hydrogen-bond acceptors (Lipinski definition) is 1. The minimum absolute atomic E-state index is 0.922. The zero-order chi connectivity index (χ0) is 15.9. The lowest BCUT2D eigenvalue weighted by Crippen LogP contribution is -2.06. The third-order valence-corrected chi connectivity index (χ3v) is 4.79. The van der Waals surface area contributed by atoms with Crippen LogP contribution in [0.5, 0.6) is 0 Å². The van der Waals surface area contributed by atoms with Gasteiger partial charge in [-0.1, -0.05) is 90.9 Å². The first-order chi connectivity index (χ1) is 10.9. The fourth-order valence-electron chi connectivity index (χ4n) is 3.26. The Balaban J connectivity index is 2.19. The van der Waals surface area contributed by atoms with Crippen LogP contribution in [-0.4, -0.2) is 9.55 Å². The van der Waals surface area contributed by atoms with Gasteiger partial charge in [0.2, 0.25) is 0 Å². The van der Waals surface area contributed by atoms with Crippen molar-refractivity contribution in [2.75, 3.05) is 0 Å². The van der Waals surface area contributed by atoms with Crippen molar-refractivity contribution < 1.29 is 0 Å². The SMILES string of the molecule is CCCCCCCC(CCCCCCC)CCn1ccnc1. The summed E-state index contributed by atoms with van der Waals surface area (Å²) in [5, 5.41) is 0. The van der Waals surface area contributed by atoms with E-state index in [9.17, 15) is 0 Å². The van der Waals surface area contributed by atoms with Gasteiger partial charge in [-0.05, 0) is 12.3 Å². The van der Waals surface area contributed by atoms with Gasteiger partial charge in [0.25, 0.3) is 0 Å². The predicted molar refractivity (Wildman–Crippen MR) is 97.1 cm³/mol. The van der Waals surface area contributed by atoms with Crippen LogP contribution in [0.2, 0.25) is 0 Å². The number of unbranched alkanes of at least 4 members (excludes halogenated alkanes) is 8. The van der Waals surface area contributed by atoms with Crippen LogP contribution in [0.3, 0.4) is 0 Å². The van der Waals surface area contributed by atoms with Gasteiger partial charge in [-0.25, -0.2) is 4.98 Å². The molecule has 1 aromatic heterocycles. The number of imidazole rings is 1. The number of aryl methyl sites for hydroxylation is 1. The van der Waals surface area contributed by atoms with Crippen LogP contribution >= 0.6 is 0 Å². The second-order valence-electron chi connectivity index (χ2n) is 6.86. The molecule has 2 heteroatoms. The van der Waals surface area contributed by atoms with E-state index in [0.29, 0.717) is 0 Å². The molecular formula is C20H38N2. The Bertz CT molecular complexity index is 304. The maximum Gasteiger partial charge on any atom is 0.0945 e. The molecule has 0 atom stereocenters. The Morgan fingerprint density at radius 1 is 0.773 bits per heavy atom. The van der Waals surface area contributed by atoms with Gasteiger partial charge >= 0.3 is 0 Å². The summed E-state index contributed by atoms with van der Waals surface area (Å²) in [6.45, 7) is 5.74. The molecule has 0 unspecified atom stereocenters. The highest BCUT2D eigenvalue weighted by Crippen LogP contribution is 2.22. The number of rotatable bonds is 15. The van der Waals surface area contributed by atoms with E-state index in [2.05, 4.69) is 29.6 Å². The second-order valence-corrected chi connectivity index (χ2v) is 6.86. The van der Waals surface area contributed by atoms with Crippen LogP contribution in [0.4, 0.5) is 0 Å². The molecule has 0 fully saturated rings. The minimum Gasteiger partial charge on any atom is -0.337 e. The van der Waals surface area contributed by atoms with Crippen LogP contribution in [0, 0.1) is 5.92 Å². The Kier molecular flexibility index (Phi) is 12.1. The lowest BCUT2D eigenvalue weighted by Gasteiger charge is -2.17. The quantitative estimate of drug-likeness (QED) is 0.333. The molecule has 0 bridgehead atoms. The first-order valence-corrected chi connectivity index (χ1v) is 9.82. The van der Waals surface area contributed by atoms with Crippen molar-refractivity contribution in [1.29, 1.82) is 0 Å². The Labute approximate surface area is 138 Å². The summed E-state index contributed by atoms with van der Waals surface area (Å²) in [6, 6.07) is 0. The van der Waals surface area contributed by atoms with Crippen molar-refractivity contribution in [3.05, 3.63) is 18.7 Å². The normalized spacial score (nSPS) is 11.4. The molecule has 0 spiro atoms. The highest BCUT2D eigenvalue weighted by molar-refractivity contribution is 4.74. The van der Waals surface area contributed by atoms with E-state index in [1.165, 1.54) is 83.5 Å². The molecule has 0 aliphatic rings. The summed E-state index contributed by atoms with van der Waals surface area (Å²) in [6.07, 6.45) is 24.3. The van der Waals surface area contributed by atoms with Crippen LogP contribution in [0.1, 0.15) is 97.3 Å². The predicted octanol–water partition coefficient (Wildman–Crippen LogP) is 6.61. The molecule has 1 rings (SSSR count). The summed E-state index contributed by atoms with van der Waals surface area (Å²) in [5.41, 5.74) is 0. The third-order valence-electron chi connectivity index (χ3n) is 4.79. The fourth-order valence-corrected chi connectivity index (χ4v) is 3.26. The van der Waals surface area contributed by atoms with Crippen molar-refractivity contribution in [1.82, 2.24) is 9.55 Å². The van der Waals surface area contributed by atoms with E-state index in [4.69, 9.17) is 0 Å². The summed E-state index contributed by atoms with van der Waals surface area (Å²) >= 11 is 0. The highest BCUT2D eigenvalue weighted by atomic mass is 15.0.